The zero-order chi connectivity index (χ0) is 20.6. The average Bonchev–Trinajstić information content (AvgIpc) is 2.62. The molecule has 2 aromatic heterocycles. The van der Waals surface area contributed by atoms with Crippen LogP contribution in [0, 0.1) is 6.92 Å². The number of aryl methyl sites for hydroxylation is 1. The Labute approximate surface area is 161 Å². The molecular formula is C18H13ClF3N3O3. The molecule has 0 saturated heterocycles. The molecule has 0 aliphatic rings. The van der Waals surface area contributed by atoms with Crippen molar-refractivity contribution in [2.45, 2.75) is 13.1 Å². The van der Waals surface area contributed by atoms with E-state index in [0.29, 0.717) is 5.56 Å². The molecule has 0 spiro atoms. The first-order chi connectivity index (χ1) is 13.1. The zero-order valence-electron chi connectivity index (χ0n) is 14.6. The van der Waals surface area contributed by atoms with Gasteiger partial charge in [0, 0.05) is 11.6 Å². The van der Waals surface area contributed by atoms with E-state index in [1.165, 1.54) is 25.4 Å². The number of hydrogen-bond acceptors (Lipinski definition) is 4. The summed E-state index contributed by atoms with van der Waals surface area (Å²) in [6.07, 6.45) is -2.18. The Bertz CT molecular complexity index is 1130. The molecule has 2 heterocycles. The van der Waals surface area contributed by atoms with Crippen LogP contribution in [0.15, 0.2) is 41.7 Å². The van der Waals surface area contributed by atoms with E-state index in [1.54, 1.807) is 6.92 Å². The van der Waals surface area contributed by atoms with Crippen molar-refractivity contribution in [3.05, 3.63) is 63.9 Å². The second-order valence-corrected chi connectivity index (χ2v) is 6.25. The highest BCUT2D eigenvalue weighted by Crippen LogP contribution is 2.33. The summed E-state index contributed by atoms with van der Waals surface area (Å²) in [7, 11) is 1.29. The number of amides is 1. The minimum absolute atomic E-state index is 0.0335. The van der Waals surface area contributed by atoms with Gasteiger partial charge in [-0.05, 0) is 36.8 Å². The predicted molar refractivity (Wildman–Crippen MR) is 94.6 cm³/mol. The molecule has 1 N–H and O–H groups in total. The first kappa shape index (κ1) is 19.7. The van der Waals surface area contributed by atoms with Crippen molar-refractivity contribution in [1.82, 2.24) is 9.71 Å². The van der Waals surface area contributed by atoms with E-state index in [4.69, 9.17) is 16.3 Å². The molecule has 1 aromatic carbocycles. The van der Waals surface area contributed by atoms with Crippen LogP contribution < -0.4 is 10.1 Å². The van der Waals surface area contributed by atoms with E-state index in [9.17, 15) is 23.2 Å². The van der Waals surface area contributed by atoms with Crippen LogP contribution in [0.5, 0.6) is 5.75 Å². The Morgan fingerprint density at radius 1 is 1.25 bits per heavy atom. The van der Waals surface area contributed by atoms with Crippen LogP contribution in [0.3, 0.4) is 0 Å². The number of fused-ring (bicyclic) bond motifs is 1. The number of nitrogens with zero attached hydrogens (tertiary/aromatic N) is 3. The number of benzene rings is 1. The monoisotopic (exact) mass is 411 g/mol. The van der Waals surface area contributed by atoms with Gasteiger partial charge in [0.2, 0.25) is 0 Å². The molecule has 146 valence electrons. The fourth-order valence-electron chi connectivity index (χ4n) is 2.67. The van der Waals surface area contributed by atoms with Gasteiger partial charge in [-0.3, -0.25) is 4.79 Å². The third kappa shape index (κ3) is 3.65. The summed E-state index contributed by atoms with van der Waals surface area (Å²) in [5.74, 6) is -0.636. The maximum atomic E-state index is 13.0. The normalized spacial score (nSPS) is 12.4. The van der Waals surface area contributed by atoms with E-state index in [2.05, 4.69) is 9.98 Å². The number of pyridine rings is 2. The Hall–Kier alpha value is -3.07. The van der Waals surface area contributed by atoms with Crippen LogP contribution in [0.25, 0.3) is 10.9 Å². The molecule has 6 nitrogen and oxygen atoms in total. The lowest BCUT2D eigenvalue weighted by Gasteiger charge is -2.11. The van der Waals surface area contributed by atoms with Gasteiger partial charge in [-0.15, -0.1) is 0 Å². The number of methoxy groups -OCH3 is 1. The van der Waals surface area contributed by atoms with Gasteiger partial charge >= 0.3 is 6.18 Å². The highest BCUT2D eigenvalue weighted by Gasteiger charge is 2.33. The van der Waals surface area contributed by atoms with Crippen LogP contribution in [0.1, 0.15) is 21.6 Å². The smallest absolute Gasteiger partial charge is 0.433 e. The number of ether oxygens (including phenoxy) is 1. The van der Waals surface area contributed by atoms with Crippen molar-refractivity contribution in [3.8, 4) is 5.75 Å². The SMILES string of the molecule is COc1ccc(C(=O)N=c2c(C)cn(O)cc2Cl)c2ccc(C(F)(F)F)nc12. The lowest BCUT2D eigenvalue weighted by molar-refractivity contribution is -0.140. The van der Waals surface area contributed by atoms with Gasteiger partial charge in [0.25, 0.3) is 5.91 Å². The molecule has 0 atom stereocenters. The van der Waals surface area contributed by atoms with Crippen molar-refractivity contribution >= 4 is 28.4 Å². The molecular weight excluding hydrogens is 399 g/mol. The van der Waals surface area contributed by atoms with E-state index in [0.717, 1.165) is 23.1 Å². The maximum absolute atomic E-state index is 13.0. The first-order valence-corrected chi connectivity index (χ1v) is 8.21. The van der Waals surface area contributed by atoms with Gasteiger partial charge in [-0.25, -0.2) is 14.7 Å². The van der Waals surface area contributed by atoms with Gasteiger partial charge in [-0.2, -0.15) is 13.2 Å². The second kappa shape index (κ2) is 7.16. The summed E-state index contributed by atoms with van der Waals surface area (Å²) in [6.45, 7) is 1.59. The molecule has 0 radical (unpaired) electrons. The number of carbonyl (C=O) groups is 1. The van der Waals surface area contributed by atoms with Crippen LogP contribution in [0.2, 0.25) is 5.02 Å². The standard InChI is InChI=1S/C18H13ClF3N3O3/c1-9-7-25(27)8-12(19)15(9)24-17(26)11-3-5-13(28-2)16-10(11)4-6-14(23-16)18(20,21)22/h3-8,27H,1-2H3. The molecule has 0 aliphatic heterocycles. The van der Waals surface area contributed by atoms with Gasteiger partial charge < -0.3 is 9.94 Å². The molecule has 0 saturated carbocycles. The quantitative estimate of drug-likeness (QED) is 0.646. The molecule has 1 amide bonds. The highest BCUT2D eigenvalue weighted by atomic mass is 35.5. The number of aromatic nitrogens is 2. The van der Waals surface area contributed by atoms with Gasteiger partial charge in [0.15, 0.2) is 0 Å². The molecule has 0 fully saturated rings. The van der Waals surface area contributed by atoms with Crippen molar-refractivity contribution in [1.29, 1.82) is 0 Å². The van der Waals surface area contributed by atoms with E-state index in [-0.39, 0.29) is 32.6 Å². The van der Waals surface area contributed by atoms with E-state index in [1.807, 2.05) is 0 Å². The summed E-state index contributed by atoms with van der Waals surface area (Å²) in [4.78, 5) is 20.3. The van der Waals surface area contributed by atoms with Crippen molar-refractivity contribution in [3.63, 3.8) is 0 Å². The molecule has 3 rings (SSSR count). The topological polar surface area (TPSA) is 76.7 Å². The second-order valence-electron chi connectivity index (χ2n) is 5.84. The van der Waals surface area contributed by atoms with Crippen LogP contribution in [0.4, 0.5) is 13.2 Å². The van der Waals surface area contributed by atoms with Crippen molar-refractivity contribution < 1.29 is 27.9 Å². The van der Waals surface area contributed by atoms with Crippen LogP contribution in [-0.4, -0.2) is 27.9 Å². The van der Waals surface area contributed by atoms with Crippen LogP contribution >= 0.6 is 11.6 Å². The lowest BCUT2D eigenvalue weighted by atomic mass is 10.1. The summed E-state index contributed by atoms with van der Waals surface area (Å²) in [5, 5.41) is 9.78. The van der Waals surface area contributed by atoms with Crippen molar-refractivity contribution in [2.24, 2.45) is 4.99 Å². The minimum Gasteiger partial charge on any atom is -0.494 e. The summed E-state index contributed by atoms with van der Waals surface area (Å²) in [5.41, 5.74) is -0.747. The maximum Gasteiger partial charge on any atom is 0.433 e. The number of carbonyl (C=O) groups excluding carboxylic acids is 1. The summed E-state index contributed by atoms with van der Waals surface area (Å²) >= 11 is 6.02. The van der Waals surface area contributed by atoms with E-state index < -0.39 is 17.8 Å². The molecule has 28 heavy (non-hydrogen) atoms. The van der Waals surface area contributed by atoms with Gasteiger partial charge in [-0.1, -0.05) is 11.6 Å². The molecule has 0 unspecified atom stereocenters. The van der Waals surface area contributed by atoms with Gasteiger partial charge in [0.05, 0.1) is 29.2 Å². The summed E-state index contributed by atoms with van der Waals surface area (Å²) in [6, 6.07) is 4.67. The zero-order valence-corrected chi connectivity index (χ0v) is 15.3. The largest absolute Gasteiger partial charge is 0.494 e. The first-order valence-electron chi connectivity index (χ1n) is 7.83. The fraction of sp³-hybridized carbons (Fsp3) is 0.167. The third-order valence-corrected chi connectivity index (χ3v) is 4.22. The average molecular weight is 412 g/mol. The third-order valence-electron chi connectivity index (χ3n) is 3.95. The number of hydrogen-bond donors (Lipinski definition) is 1. The fourth-order valence-corrected chi connectivity index (χ4v) is 2.96. The Kier molecular flexibility index (Phi) is 5.03. The Balaban J connectivity index is 2.22. The number of alkyl halides is 3. The molecule has 0 bridgehead atoms. The van der Waals surface area contributed by atoms with Gasteiger partial charge in [0.1, 0.15) is 17.0 Å². The number of rotatable bonds is 2. The van der Waals surface area contributed by atoms with Crippen molar-refractivity contribution in [2.75, 3.05) is 7.11 Å². The van der Waals surface area contributed by atoms with Crippen LogP contribution in [-0.2, 0) is 6.18 Å². The predicted octanol–water partition coefficient (Wildman–Crippen LogP) is 4.00. The minimum atomic E-state index is -4.64. The van der Waals surface area contributed by atoms with E-state index >= 15 is 0 Å². The Morgan fingerprint density at radius 2 is 1.96 bits per heavy atom. The Morgan fingerprint density at radius 3 is 2.57 bits per heavy atom. The number of halogens is 4. The summed E-state index contributed by atoms with van der Waals surface area (Å²) < 4.78 is 44.8. The molecule has 0 aliphatic carbocycles. The molecule has 10 heteroatoms. The highest BCUT2D eigenvalue weighted by molar-refractivity contribution is 6.30. The lowest BCUT2D eigenvalue weighted by Crippen LogP contribution is -2.15. The molecule has 3 aromatic rings.